The summed E-state index contributed by atoms with van der Waals surface area (Å²) in [4.78, 5) is 0. The number of hydrogen-bond acceptors (Lipinski definition) is 1. The van der Waals surface area contributed by atoms with E-state index in [4.69, 9.17) is 4.74 Å². The maximum Gasteiger partial charge on any atom is 0.0888 e. The Morgan fingerprint density at radius 1 is 0.684 bits per heavy atom. The van der Waals surface area contributed by atoms with Crippen molar-refractivity contribution in [3.05, 3.63) is 12.3 Å². The van der Waals surface area contributed by atoms with Crippen molar-refractivity contribution in [2.24, 2.45) is 0 Å². The van der Waals surface area contributed by atoms with Crippen LogP contribution in [0.4, 0.5) is 0 Å². The van der Waals surface area contributed by atoms with E-state index < -0.39 is 0 Å². The van der Waals surface area contributed by atoms with Crippen LogP contribution in [0.15, 0.2) is 12.3 Å². The molecular formula is C18H36O. The molecule has 1 nitrogen and oxygen atoms in total. The summed E-state index contributed by atoms with van der Waals surface area (Å²) >= 11 is 0. The van der Waals surface area contributed by atoms with Crippen LogP contribution in [0.1, 0.15) is 97.3 Å². The van der Waals surface area contributed by atoms with Crippen molar-refractivity contribution in [2.75, 3.05) is 6.61 Å². The molecule has 19 heavy (non-hydrogen) atoms. The zero-order valence-electron chi connectivity index (χ0n) is 13.5. The fraction of sp³-hybridized carbons (Fsp3) is 0.889. The van der Waals surface area contributed by atoms with Crippen LogP contribution >= 0.6 is 0 Å². The predicted octanol–water partition coefficient (Wildman–Crippen LogP) is 6.63. The van der Waals surface area contributed by atoms with E-state index in [1.807, 2.05) is 0 Å². The van der Waals surface area contributed by atoms with Crippen molar-refractivity contribution in [1.82, 2.24) is 0 Å². The van der Waals surface area contributed by atoms with Crippen molar-refractivity contribution < 1.29 is 4.74 Å². The molecule has 0 fully saturated rings. The van der Waals surface area contributed by atoms with Crippen molar-refractivity contribution in [1.29, 1.82) is 0 Å². The Morgan fingerprint density at radius 3 is 1.63 bits per heavy atom. The number of ether oxygens (including phenoxy) is 1. The van der Waals surface area contributed by atoms with E-state index in [1.165, 1.54) is 70.6 Å². The first-order valence-corrected chi connectivity index (χ1v) is 8.61. The number of hydrogen-bond donors (Lipinski definition) is 0. The lowest BCUT2D eigenvalue weighted by Gasteiger charge is -2.07. The number of rotatable bonds is 15. The van der Waals surface area contributed by atoms with Gasteiger partial charge >= 0.3 is 0 Å². The summed E-state index contributed by atoms with van der Waals surface area (Å²) in [6.45, 7) is 9.20. The summed E-state index contributed by atoms with van der Waals surface area (Å²) in [5.41, 5.74) is 0. The second-order valence-electron chi connectivity index (χ2n) is 5.67. The van der Waals surface area contributed by atoms with Crippen molar-refractivity contribution >= 4 is 0 Å². The SMILES string of the molecule is C=C(CCCCCCCCCCCCC)OCCC. The predicted molar refractivity (Wildman–Crippen MR) is 86.5 cm³/mol. The number of unbranched alkanes of at least 4 members (excludes halogenated alkanes) is 10. The van der Waals surface area contributed by atoms with Crippen LogP contribution in [0.25, 0.3) is 0 Å². The van der Waals surface area contributed by atoms with Crippen molar-refractivity contribution in [3.8, 4) is 0 Å². The molecule has 0 amide bonds. The molecule has 0 aromatic rings. The average molecular weight is 268 g/mol. The first-order chi connectivity index (χ1) is 9.31. The van der Waals surface area contributed by atoms with Crippen LogP contribution in [0.3, 0.4) is 0 Å². The molecule has 0 unspecified atom stereocenters. The van der Waals surface area contributed by atoms with Gasteiger partial charge in [-0.2, -0.15) is 0 Å². The Kier molecular flexibility index (Phi) is 15.2. The van der Waals surface area contributed by atoms with Crippen molar-refractivity contribution in [2.45, 2.75) is 97.3 Å². The zero-order chi connectivity index (χ0) is 14.2. The van der Waals surface area contributed by atoms with Gasteiger partial charge in [0.05, 0.1) is 12.4 Å². The smallest absolute Gasteiger partial charge is 0.0888 e. The Balaban J connectivity index is 3.04. The molecule has 0 aromatic carbocycles. The van der Waals surface area contributed by atoms with E-state index in [1.54, 1.807) is 0 Å². The molecule has 0 aliphatic heterocycles. The second-order valence-corrected chi connectivity index (χ2v) is 5.67. The molecule has 0 saturated heterocycles. The third-order valence-corrected chi connectivity index (χ3v) is 3.57. The lowest BCUT2D eigenvalue weighted by molar-refractivity contribution is 0.202. The van der Waals surface area contributed by atoms with E-state index in [0.29, 0.717) is 0 Å². The topological polar surface area (TPSA) is 9.23 Å². The fourth-order valence-electron chi connectivity index (χ4n) is 2.30. The summed E-state index contributed by atoms with van der Waals surface area (Å²) in [7, 11) is 0. The molecule has 0 N–H and O–H groups in total. The summed E-state index contributed by atoms with van der Waals surface area (Å²) in [6.07, 6.45) is 17.5. The first-order valence-electron chi connectivity index (χ1n) is 8.61. The summed E-state index contributed by atoms with van der Waals surface area (Å²) in [5, 5.41) is 0. The van der Waals surface area contributed by atoms with Crippen LogP contribution in [0, 0.1) is 0 Å². The average Bonchev–Trinajstić information content (AvgIpc) is 2.42. The molecule has 0 heterocycles. The highest BCUT2D eigenvalue weighted by Gasteiger charge is 1.96. The summed E-state index contributed by atoms with van der Waals surface area (Å²) < 4.78 is 5.49. The van der Waals surface area contributed by atoms with Crippen molar-refractivity contribution in [3.63, 3.8) is 0 Å². The third-order valence-electron chi connectivity index (χ3n) is 3.57. The lowest BCUT2D eigenvalue weighted by Crippen LogP contribution is -1.92. The van der Waals surface area contributed by atoms with Crippen LogP contribution in [-0.4, -0.2) is 6.61 Å². The molecule has 1 heteroatoms. The maximum atomic E-state index is 5.49. The minimum absolute atomic E-state index is 0.830. The van der Waals surface area contributed by atoms with E-state index in [9.17, 15) is 0 Å². The normalized spacial score (nSPS) is 10.6. The summed E-state index contributed by atoms with van der Waals surface area (Å²) in [5.74, 6) is 0.984. The third kappa shape index (κ3) is 15.5. The van der Waals surface area contributed by atoms with Gasteiger partial charge in [-0.15, -0.1) is 0 Å². The molecule has 0 bridgehead atoms. The highest BCUT2D eigenvalue weighted by atomic mass is 16.5. The van der Waals surface area contributed by atoms with Gasteiger partial charge in [-0.1, -0.05) is 84.6 Å². The van der Waals surface area contributed by atoms with Gasteiger partial charge in [0.25, 0.3) is 0 Å². The molecule has 0 saturated carbocycles. The molecule has 114 valence electrons. The van der Waals surface area contributed by atoms with Gasteiger partial charge < -0.3 is 4.74 Å². The van der Waals surface area contributed by atoms with Crippen LogP contribution < -0.4 is 0 Å². The minimum atomic E-state index is 0.830. The van der Waals surface area contributed by atoms with E-state index in [-0.39, 0.29) is 0 Å². The fourth-order valence-corrected chi connectivity index (χ4v) is 2.30. The largest absolute Gasteiger partial charge is 0.499 e. The van der Waals surface area contributed by atoms with Crippen LogP contribution in [0.5, 0.6) is 0 Å². The first kappa shape index (κ1) is 18.5. The van der Waals surface area contributed by atoms with Gasteiger partial charge in [0.1, 0.15) is 0 Å². The van der Waals surface area contributed by atoms with E-state index in [0.717, 1.165) is 25.2 Å². The minimum Gasteiger partial charge on any atom is -0.499 e. The van der Waals surface area contributed by atoms with Crippen LogP contribution in [0.2, 0.25) is 0 Å². The molecule has 0 aliphatic carbocycles. The highest BCUT2D eigenvalue weighted by molar-refractivity contribution is 4.81. The second kappa shape index (κ2) is 15.6. The van der Waals surface area contributed by atoms with Crippen LogP contribution in [-0.2, 0) is 4.74 Å². The molecule has 0 radical (unpaired) electrons. The van der Waals surface area contributed by atoms with E-state index >= 15 is 0 Å². The van der Waals surface area contributed by atoms with Gasteiger partial charge in [-0.25, -0.2) is 0 Å². The molecule has 0 rings (SSSR count). The maximum absolute atomic E-state index is 5.49. The van der Waals surface area contributed by atoms with Gasteiger partial charge in [-0.05, 0) is 12.8 Å². The molecule has 0 atom stereocenters. The molecule has 0 aliphatic rings. The van der Waals surface area contributed by atoms with Gasteiger partial charge in [0.2, 0.25) is 0 Å². The Hall–Kier alpha value is -0.460. The highest BCUT2D eigenvalue weighted by Crippen LogP contribution is 2.13. The Labute approximate surface area is 121 Å². The number of allylic oxidation sites excluding steroid dienone is 1. The monoisotopic (exact) mass is 268 g/mol. The quantitative estimate of drug-likeness (QED) is 0.239. The van der Waals surface area contributed by atoms with Gasteiger partial charge in [0.15, 0.2) is 0 Å². The molecular weight excluding hydrogens is 232 g/mol. The molecule has 0 aromatic heterocycles. The summed E-state index contributed by atoms with van der Waals surface area (Å²) in [6, 6.07) is 0. The lowest BCUT2D eigenvalue weighted by atomic mass is 10.1. The van der Waals surface area contributed by atoms with Gasteiger partial charge in [0, 0.05) is 6.42 Å². The zero-order valence-corrected chi connectivity index (χ0v) is 13.5. The van der Waals surface area contributed by atoms with Gasteiger partial charge in [-0.3, -0.25) is 0 Å². The standard InChI is InChI=1S/C18H36O/c1-4-6-7-8-9-10-11-12-13-14-15-16-18(3)19-17-5-2/h3-17H2,1-2H3. The molecule has 0 spiro atoms. The van der Waals surface area contributed by atoms with E-state index in [2.05, 4.69) is 20.4 Å². The Bertz CT molecular complexity index is 186. The Morgan fingerprint density at radius 2 is 1.16 bits per heavy atom.